The lowest BCUT2D eigenvalue weighted by atomic mass is 10.2. The number of nitrogens with one attached hydrogen (secondary N) is 2. The van der Waals surface area contributed by atoms with Crippen LogP contribution in [0.3, 0.4) is 0 Å². The van der Waals surface area contributed by atoms with Crippen molar-refractivity contribution in [3.8, 4) is 0 Å². The number of benzene rings is 1. The second kappa shape index (κ2) is 4.78. The maximum Gasteiger partial charge on any atom is 0.287 e. The molecule has 0 aliphatic rings. The smallest absolute Gasteiger partial charge is 0.287 e. The van der Waals surface area contributed by atoms with Crippen LogP contribution in [0, 0.1) is 0 Å². The molecule has 0 aliphatic heterocycles. The number of rotatable bonds is 3. The van der Waals surface area contributed by atoms with Gasteiger partial charge in [0, 0.05) is 6.54 Å². The highest BCUT2D eigenvalue weighted by molar-refractivity contribution is 5.92. The summed E-state index contributed by atoms with van der Waals surface area (Å²) in [6.45, 7) is 2.52. The highest BCUT2D eigenvalue weighted by atomic mass is 16.2. The molecule has 5 nitrogen and oxygen atoms in total. The molecule has 1 heterocycles. The summed E-state index contributed by atoms with van der Waals surface area (Å²) in [7, 11) is 0. The fourth-order valence-corrected chi connectivity index (χ4v) is 1.52. The zero-order valence-corrected chi connectivity index (χ0v) is 9.49. The van der Waals surface area contributed by atoms with Gasteiger partial charge in [-0.05, 0) is 18.6 Å². The highest BCUT2D eigenvalue weighted by Gasteiger charge is 2.09. The minimum Gasteiger partial charge on any atom is -0.349 e. The maximum absolute atomic E-state index is 11.7. The maximum atomic E-state index is 11.7. The Balaban J connectivity index is 2.43. The summed E-state index contributed by atoms with van der Waals surface area (Å²) in [5.74, 6) is -0.295. The normalized spacial score (nSPS) is 10.4. The SMILES string of the molecule is CCCNC(=O)c1nc2ccccc2c(=O)[nH]1. The van der Waals surface area contributed by atoms with Gasteiger partial charge in [0.25, 0.3) is 11.5 Å². The molecule has 0 bridgehead atoms. The second-order valence-electron chi connectivity index (χ2n) is 3.69. The third-order valence-electron chi connectivity index (χ3n) is 2.36. The topological polar surface area (TPSA) is 74.8 Å². The first-order valence-electron chi connectivity index (χ1n) is 5.49. The van der Waals surface area contributed by atoms with Gasteiger partial charge in [-0.1, -0.05) is 19.1 Å². The molecule has 17 heavy (non-hydrogen) atoms. The van der Waals surface area contributed by atoms with Gasteiger partial charge in [-0.2, -0.15) is 0 Å². The molecule has 2 rings (SSSR count). The zero-order valence-electron chi connectivity index (χ0n) is 9.49. The van der Waals surface area contributed by atoms with E-state index in [1.165, 1.54) is 0 Å². The molecule has 0 saturated carbocycles. The van der Waals surface area contributed by atoms with Crippen LogP contribution in [0.4, 0.5) is 0 Å². The van der Waals surface area contributed by atoms with E-state index in [9.17, 15) is 9.59 Å². The number of para-hydroxylation sites is 1. The van der Waals surface area contributed by atoms with E-state index in [1.54, 1.807) is 24.3 Å². The van der Waals surface area contributed by atoms with Gasteiger partial charge in [0.15, 0.2) is 5.82 Å². The van der Waals surface area contributed by atoms with E-state index in [2.05, 4.69) is 15.3 Å². The number of fused-ring (bicyclic) bond motifs is 1. The lowest BCUT2D eigenvalue weighted by Crippen LogP contribution is -2.28. The van der Waals surface area contributed by atoms with Crippen molar-refractivity contribution in [3.05, 3.63) is 40.4 Å². The van der Waals surface area contributed by atoms with Gasteiger partial charge in [0.05, 0.1) is 10.9 Å². The molecule has 0 saturated heterocycles. The Hall–Kier alpha value is -2.17. The Morgan fingerprint density at radius 1 is 1.41 bits per heavy atom. The quantitative estimate of drug-likeness (QED) is 0.829. The van der Waals surface area contributed by atoms with Gasteiger partial charge in [-0.3, -0.25) is 9.59 Å². The van der Waals surface area contributed by atoms with Gasteiger partial charge in [-0.25, -0.2) is 4.98 Å². The number of hydrogen-bond acceptors (Lipinski definition) is 3. The molecule has 1 aromatic heterocycles. The van der Waals surface area contributed by atoms with Crippen LogP contribution in [0.25, 0.3) is 10.9 Å². The Morgan fingerprint density at radius 2 is 2.18 bits per heavy atom. The van der Waals surface area contributed by atoms with Gasteiger partial charge < -0.3 is 10.3 Å². The third-order valence-corrected chi connectivity index (χ3v) is 2.36. The number of hydrogen-bond donors (Lipinski definition) is 2. The van der Waals surface area contributed by atoms with Crippen LogP contribution >= 0.6 is 0 Å². The van der Waals surface area contributed by atoms with Crippen molar-refractivity contribution in [3.63, 3.8) is 0 Å². The van der Waals surface area contributed by atoms with Crippen molar-refractivity contribution in [2.75, 3.05) is 6.54 Å². The Labute approximate surface area is 97.9 Å². The van der Waals surface area contributed by atoms with Gasteiger partial charge in [-0.15, -0.1) is 0 Å². The molecule has 1 aromatic carbocycles. The van der Waals surface area contributed by atoms with Gasteiger partial charge in [0.2, 0.25) is 0 Å². The fourth-order valence-electron chi connectivity index (χ4n) is 1.52. The number of amides is 1. The largest absolute Gasteiger partial charge is 0.349 e. The lowest BCUT2D eigenvalue weighted by Gasteiger charge is -2.03. The lowest BCUT2D eigenvalue weighted by molar-refractivity contribution is 0.0943. The standard InChI is InChI=1S/C12H13N3O2/c1-2-7-13-12(17)10-14-9-6-4-3-5-8(9)11(16)15-10/h3-6H,2,7H2,1H3,(H,13,17)(H,14,15,16). The molecular weight excluding hydrogens is 218 g/mol. The monoisotopic (exact) mass is 231 g/mol. The summed E-state index contributed by atoms with van der Waals surface area (Å²) >= 11 is 0. The van der Waals surface area contributed by atoms with E-state index in [-0.39, 0.29) is 17.3 Å². The van der Waals surface area contributed by atoms with Gasteiger partial charge in [0.1, 0.15) is 0 Å². The third kappa shape index (κ3) is 2.33. The van der Waals surface area contributed by atoms with Crippen LogP contribution in [0.2, 0.25) is 0 Å². The van der Waals surface area contributed by atoms with E-state index in [0.717, 1.165) is 6.42 Å². The van der Waals surface area contributed by atoms with Crippen LogP contribution in [0.1, 0.15) is 24.0 Å². The first-order valence-corrected chi connectivity index (χ1v) is 5.49. The minimum absolute atomic E-state index is 0.0575. The summed E-state index contributed by atoms with van der Waals surface area (Å²) in [5, 5.41) is 3.15. The number of aromatic nitrogens is 2. The van der Waals surface area contributed by atoms with Crippen molar-refractivity contribution < 1.29 is 4.79 Å². The molecule has 88 valence electrons. The number of nitrogens with zero attached hydrogens (tertiary/aromatic N) is 1. The van der Waals surface area contributed by atoms with E-state index < -0.39 is 0 Å². The predicted octanol–water partition coefficient (Wildman–Crippen LogP) is 1.06. The fraction of sp³-hybridized carbons (Fsp3) is 0.250. The van der Waals surface area contributed by atoms with E-state index in [0.29, 0.717) is 17.4 Å². The molecular formula is C12H13N3O2. The molecule has 0 aliphatic carbocycles. The van der Waals surface area contributed by atoms with E-state index in [1.807, 2.05) is 6.92 Å². The summed E-state index contributed by atoms with van der Waals surface area (Å²) in [6, 6.07) is 6.93. The molecule has 1 amide bonds. The van der Waals surface area contributed by atoms with Crippen molar-refractivity contribution in [2.24, 2.45) is 0 Å². The predicted molar refractivity (Wildman–Crippen MR) is 65.0 cm³/mol. The molecule has 0 spiro atoms. The number of H-pyrrole nitrogens is 1. The summed E-state index contributed by atoms with van der Waals surface area (Å²) in [4.78, 5) is 30.0. The molecule has 2 N–H and O–H groups in total. The first kappa shape index (κ1) is 11.3. The second-order valence-corrected chi connectivity index (χ2v) is 3.69. The minimum atomic E-state index is -0.352. The van der Waals surface area contributed by atoms with Crippen molar-refractivity contribution in [2.45, 2.75) is 13.3 Å². The highest BCUT2D eigenvalue weighted by Crippen LogP contribution is 2.05. The van der Waals surface area contributed by atoms with Crippen LogP contribution in [0.5, 0.6) is 0 Å². The Morgan fingerprint density at radius 3 is 2.94 bits per heavy atom. The molecule has 5 heteroatoms. The number of carbonyl (C=O) groups excluding carboxylic acids is 1. The van der Waals surface area contributed by atoms with Crippen LogP contribution in [-0.2, 0) is 0 Å². The number of carbonyl (C=O) groups is 1. The summed E-state index contributed by atoms with van der Waals surface area (Å²) in [6.07, 6.45) is 0.837. The molecule has 0 atom stereocenters. The molecule has 2 aromatic rings. The van der Waals surface area contributed by atoms with E-state index >= 15 is 0 Å². The van der Waals surface area contributed by atoms with Crippen LogP contribution in [-0.4, -0.2) is 22.4 Å². The average Bonchev–Trinajstić information content (AvgIpc) is 2.36. The van der Waals surface area contributed by atoms with Gasteiger partial charge >= 0.3 is 0 Å². The Kier molecular flexibility index (Phi) is 3.18. The van der Waals surface area contributed by atoms with Crippen molar-refractivity contribution in [1.82, 2.24) is 15.3 Å². The van der Waals surface area contributed by atoms with Crippen molar-refractivity contribution >= 4 is 16.8 Å². The molecule has 0 fully saturated rings. The summed E-state index contributed by atoms with van der Waals surface area (Å²) in [5.41, 5.74) is 0.232. The number of aromatic amines is 1. The van der Waals surface area contributed by atoms with Crippen LogP contribution < -0.4 is 10.9 Å². The molecule has 0 radical (unpaired) electrons. The van der Waals surface area contributed by atoms with Crippen LogP contribution in [0.15, 0.2) is 29.1 Å². The summed E-state index contributed by atoms with van der Waals surface area (Å²) < 4.78 is 0. The van der Waals surface area contributed by atoms with E-state index in [4.69, 9.17) is 0 Å². The first-order chi connectivity index (χ1) is 8.22. The van der Waals surface area contributed by atoms with Crippen molar-refractivity contribution in [1.29, 1.82) is 0 Å². The molecule has 0 unspecified atom stereocenters. The zero-order chi connectivity index (χ0) is 12.3. The Bertz CT molecular complexity index is 604. The average molecular weight is 231 g/mol.